The van der Waals surface area contributed by atoms with E-state index in [1.54, 1.807) is 6.07 Å². The van der Waals surface area contributed by atoms with Crippen molar-refractivity contribution < 1.29 is 5.11 Å². The summed E-state index contributed by atoms with van der Waals surface area (Å²) in [6.45, 7) is 0. The van der Waals surface area contributed by atoms with Crippen LogP contribution in [0.3, 0.4) is 0 Å². The summed E-state index contributed by atoms with van der Waals surface area (Å²) >= 11 is 0. The molecule has 0 radical (unpaired) electrons. The van der Waals surface area contributed by atoms with Crippen LogP contribution >= 0.6 is 0 Å². The maximum atomic E-state index is 7.66. The first-order valence-corrected chi connectivity index (χ1v) is 1.10. The van der Waals surface area contributed by atoms with Gasteiger partial charge in [0.05, 0.1) is 18.4 Å². The molecular formula is C3H4LiNO. The van der Waals surface area contributed by atoms with E-state index in [9.17, 15) is 0 Å². The van der Waals surface area contributed by atoms with Crippen LogP contribution in [0.15, 0.2) is 12.3 Å². The summed E-state index contributed by atoms with van der Waals surface area (Å²) in [5.41, 5.74) is 0. The Bertz CT molecular complexity index is 73.4. The second-order valence-corrected chi connectivity index (χ2v) is 0.445. The number of hydrogen-bond donors (Lipinski definition) is 1. The molecule has 0 atom stereocenters. The second-order valence-electron chi connectivity index (χ2n) is 0.445. The van der Waals surface area contributed by atoms with Gasteiger partial charge in [0.1, 0.15) is 0 Å². The molecule has 6 heavy (non-hydrogen) atoms. The van der Waals surface area contributed by atoms with Gasteiger partial charge in [-0.15, -0.1) is 0 Å². The van der Waals surface area contributed by atoms with Crippen LogP contribution in [0.1, 0.15) is 0 Å². The van der Waals surface area contributed by atoms with Crippen molar-refractivity contribution in [2.75, 3.05) is 0 Å². The van der Waals surface area contributed by atoms with Gasteiger partial charge in [-0.1, -0.05) is 0 Å². The summed E-state index contributed by atoms with van der Waals surface area (Å²) < 4.78 is 0. The van der Waals surface area contributed by atoms with Crippen molar-refractivity contribution in [2.24, 2.45) is 0 Å². The average Bonchev–Trinajstić information content (AvgIpc) is 1.41. The molecule has 28 valence electrons. The van der Waals surface area contributed by atoms with E-state index in [1.807, 2.05) is 0 Å². The van der Waals surface area contributed by atoms with Crippen LogP contribution in [-0.2, 0) is 0 Å². The number of nitrogens with zero attached hydrogens (tertiary/aromatic N) is 1. The molecule has 0 fully saturated rings. The van der Waals surface area contributed by atoms with Gasteiger partial charge in [-0.2, -0.15) is 5.26 Å². The third kappa shape index (κ3) is 9.45. The SMILES string of the molecule is N#CC=CO.[LiH]. The molecule has 1 N–H and O–H groups in total. The fourth-order valence-corrected chi connectivity index (χ4v) is 0.0333. The molecule has 0 rings (SSSR count). The molecule has 0 aliphatic rings. The van der Waals surface area contributed by atoms with Crippen molar-refractivity contribution in [2.45, 2.75) is 0 Å². The fourth-order valence-electron chi connectivity index (χ4n) is 0.0333. The van der Waals surface area contributed by atoms with Crippen molar-refractivity contribution in [1.82, 2.24) is 0 Å². The molecular weight excluding hydrogens is 73.0 g/mol. The van der Waals surface area contributed by atoms with Crippen LogP contribution in [0, 0.1) is 11.3 Å². The zero-order valence-corrected chi connectivity index (χ0v) is 2.55. The van der Waals surface area contributed by atoms with Crippen LogP contribution < -0.4 is 0 Å². The van der Waals surface area contributed by atoms with E-state index in [4.69, 9.17) is 10.4 Å². The van der Waals surface area contributed by atoms with Crippen LogP contribution in [-0.4, -0.2) is 24.0 Å². The van der Waals surface area contributed by atoms with Gasteiger partial charge >= 0.3 is 18.9 Å². The second kappa shape index (κ2) is 8.82. The number of aliphatic hydroxyl groups is 1. The van der Waals surface area contributed by atoms with Crippen LogP contribution in [0.4, 0.5) is 0 Å². The van der Waals surface area contributed by atoms with Gasteiger partial charge in [0.25, 0.3) is 0 Å². The summed E-state index contributed by atoms with van der Waals surface area (Å²) in [5, 5.41) is 15.2. The fraction of sp³-hybridized carbons (Fsp3) is 0. The molecule has 0 aromatic heterocycles. The number of nitriles is 1. The van der Waals surface area contributed by atoms with E-state index in [0.29, 0.717) is 6.26 Å². The quantitative estimate of drug-likeness (QED) is 0.250. The summed E-state index contributed by atoms with van der Waals surface area (Å²) in [5.74, 6) is 0. The maximum absolute atomic E-state index is 7.66. The van der Waals surface area contributed by atoms with E-state index in [0.717, 1.165) is 6.08 Å². The summed E-state index contributed by atoms with van der Waals surface area (Å²) in [4.78, 5) is 0. The Kier molecular flexibility index (Phi) is 13.5. The Morgan fingerprint density at radius 3 is 2.17 bits per heavy atom. The summed E-state index contributed by atoms with van der Waals surface area (Å²) in [6.07, 6.45) is 1.68. The Labute approximate surface area is 48.3 Å². The predicted molar refractivity (Wildman–Crippen MR) is 24.5 cm³/mol. The first-order chi connectivity index (χ1) is 2.41. The molecule has 0 unspecified atom stereocenters. The zero-order valence-electron chi connectivity index (χ0n) is 2.55. The van der Waals surface area contributed by atoms with Gasteiger partial charge in [0.2, 0.25) is 0 Å². The van der Waals surface area contributed by atoms with E-state index in [-0.39, 0.29) is 18.9 Å². The molecule has 2 nitrogen and oxygen atoms in total. The van der Waals surface area contributed by atoms with Crippen molar-refractivity contribution in [3.05, 3.63) is 12.3 Å². The number of aliphatic hydroxyl groups excluding tert-OH is 1. The topological polar surface area (TPSA) is 44.0 Å². The number of allylic oxidation sites excluding steroid dienone is 1. The predicted octanol–water partition coefficient (Wildman–Crippen LogP) is -0.0668. The molecule has 0 aliphatic carbocycles. The molecule has 0 spiro atoms. The van der Waals surface area contributed by atoms with Crippen LogP contribution in [0.2, 0.25) is 0 Å². The first-order valence-electron chi connectivity index (χ1n) is 1.10. The monoisotopic (exact) mass is 77.0 g/mol. The summed E-state index contributed by atoms with van der Waals surface area (Å²) in [6, 6.07) is 1.59. The van der Waals surface area contributed by atoms with Crippen molar-refractivity contribution in [3.63, 3.8) is 0 Å². The Hall–Kier alpha value is -0.373. The summed E-state index contributed by atoms with van der Waals surface area (Å²) in [7, 11) is 0. The molecule has 0 aromatic rings. The Balaban J connectivity index is 0. The van der Waals surface area contributed by atoms with Gasteiger partial charge in [-0.3, -0.25) is 0 Å². The minimum absolute atomic E-state index is 0. The third-order valence-corrected chi connectivity index (χ3v) is 0.149. The minimum atomic E-state index is 0. The molecule has 0 bridgehead atoms. The molecule has 0 heterocycles. The van der Waals surface area contributed by atoms with Gasteiger partial charge in [-0.25, -0.2) is 0 Å². The average molecular weight is 77.0 g/mol. The molecule has 0 aromatic carbocycles. The van der Waals surface area contributed by atoms with Gasteiger partial charge < -0.3 is 5.11 Å². The van der Waals surface area contributed by atoms with Gasteiger partial charge in [-0.05, 0) is 0 Å². The standard InChI is InChI=1S/C3H3NO.Li.H/c4-2-1-3-5;;/h1,3,5H;;. The molecule has 3 heteroatoms. The van der Waals surface area contributed by atoms with Gasteiger partial charge in [0.15, 0.2) is 0 Å². The van der Waals surface area contributed by atoms with Crippen LogP contribution in [0.25, 0.3) is 0 Å². The first kappa shape index (κ1) is 9.16. The molecule has 0 amide bonds. The van der Waals surface area contributed by atoms with E-state index >= 15 is 0 Å². The van der Waals surface area contributed by atoms with Crippen LogP contribution in [0.5, 0.6) is 0 Å². The zero-order chi connectivity index (χ0) is 4.12. The van der Waals surface area contributed by atoms with E-state index in [2.05, 4.69) is 0 Å². The van der Waals surface area contributed by atoms with E-state index < -0.39 is 0 Å². The number of hydrogen-bond acceptors (Lipinski definition) is 2. The normalized spacial score (nSPS) is 6.50. The molecule has 0 saturated heterocycles. The Morgan fingerprint density at radius 1 is 1.67 bits per heavy atom. The molecule has 0 aliphatic heterocycles. The van der Waals surface area contributed by atoms with Crippen molar-refractivity contribution in [3.8, 4) is 6.07 Å². The van der Waals surface area contributed by atoms with E-state index in [1.165, 1.54) is 0 Å². The Morgan fingerprint density at radius 2 is 2.17 bits per heavy atom. The number of rotatable bonds is 0. The van der Waals surface area contributed by atoms with Gasteiger partial charge in [0, 0.05) is 0 Å². The van der Waals surface area contributed by atoms with Crippen molar-refractivity contribution >= 4 is 18.9 Å². The molecule has 0 saturated carbocycles. The third-order valence-electron chi connectivity index (χ3n) is 0.149. The van der Waals surface area contributed by atoms with Crippen molar-refractivity contribution in [1.29, 1.82) is 5.26 Å².